The SMILES string of the molecule is CN(CC(=O)Nc1ccccc1Cl)C(=O)COc1ccc(Br)cc1Cl. The molecule has 0 fully saturated rings. The van der Waals surface area contributed by atoms with Crippen LogP contribution in [0.15, 0.2) is 46.9 Å². The molecule has 132 valence electrons. The van der Waals surface area contributed by atoms with Crippen molar-refractivity contribution in [3.05, 3.63) is 57.0 Å². The molecule has 0 radical (unpaired) electrons. The summed E-state index contributed by atoms with van der Waals surface area (Å²) in [5.41, 5.74) is 0.493. The number of nitrogens with zero attached hydrogens (tertiary/aromatic N) is 1. The molecule has 2 aromatic rings. The molecule has 0 saturated carbocycles. The van der Waals surface area contributed by atoms with Crippen LogP contribution in [0.3, 0.4) is 0 Å². The Hall–Kier alpha value is -1.76. The Morgan fingerprint density at radius 2 is 1.88 bits per heavy atom. The fraction of sp³-hybridized carbons (Fsp3) is 0.176. The standard InChI is InChI=1S/C17H15BrCl2N2O3/c1-22(9-16(23)21-14-5-3-2-4-12(14)19)17(24)10-25-15-7-6-11(18)8-13(15)20/h2-8H,9-10H2,1H3,(H,21,23). The largest absolute Gasteiger partial charge is 0.482 e. The number of hydrogen-bond acceptors (Lipinski definition) is 3. The molecule has 2 amide bonds. The molecule has 2 rings (SSSR count). The van der Waals surface area contributed by atoms with Crippen LogP contribution >= 0.6 is 39.1 Å². The summed E-state index contributed by atoms with van der Waals surface area (Å²) in [6, 6.07) is 11.9. The van der Waals surface area contributed by atoms with Crippen LogP contribution in [-0.2, 0) is 9.59 Å². The lowest BCUT2D eigenvalue weighted by Gasteiger charge is -2.17. The van der Waals surface area contributed by atoms with E-state index < -0.39 is 0 Å². The molecule has 0 aliphatic carbocycles. The van der Waals surface area contributed by atoms with Crippen molar-refractivity contribution in [1.82, 2.24) is 4.90 Å². The van der Waals surface area contributed by atoms with E-state index in [0.29, 0.717) is 21.5 Å². The van der Waals surface area contributed by atoms with Crippen LogP contribution in [0.1, 0.15) is 0 Å². The van der Waals surface area contributed by atoms with E-state index in [1.807, 2.05) is 0 Å². The first-order chi connectivity index (χ1) is 11.9. The normalized spacial score (nSPS) is 10.2. The van der Waals surface area contributed by atoms with E-state index in [9.17, 15) is 9.59 Å². The second kappa shape index (κ2) is 9.08. The summed E-state index contributed by atoms with van der Waals surface area (Å²) in [5, 5.41) is 3.47. The number of halogens is 3. The van der Waals surface area contributed by atoms with Crippen molar-refractivity contribution >= 4 is 56.6 Å². The van der Waals surface area contributed by atoms with Crippen LogP contribution in [-0.4, -0.2) is 36.9 Å². The lowest BCUT2D eigenvalue weighted by Crippen LogP contribution is -2.37. The minimum Gasteiger partial charge on any atom is -0.482 e. The van der Waals surface area contributed by atoms with Crippen LogP contribution in [0.5, 0.6) is 5.75 Å². The zero-order valence-corrected chi connectivity index (χ0v) is 16.4. The number of ether oxygens (including phenoxy) is 1. The third-order valence-electron chi connectivity index (χ3n) is 3.20. The molecule has 0 bridgehead atoms. The highest BCUT2D eigenvalue weighted by Gasteiger charge is 2.15. The summed E-state index contributed by atoms with van der Waals surface area (Å²) >= 11 is 15.3. The molecular formula is C17H15BrCl2N2O3. The molecule has 0 unspecified atom stereocenters. The van der Waals surface area contributed by atoms with Crippen LogP contribution in [0.4, 0.5) is 5.69 Å². The average Bonchev–Trinajstić information content (AvgIpc) is 2.55. The number of para-hydroxylation sites is 1. The lowest BCUT2D eigenvalue weighted by molar-refractivity contribution is -0.135. The van der Waals surface area contributed by atoms with Crippen LogP contribution in [0, 0.1) is 0 Å². The topological polar surface area (TPSA) is 58.6 Å². The molecule has 0 atom stereocenters. The predicted octanol–water partition coefficient (Wildman–Crippen LogP) is 4.23. The predicted molar refractivity (Wildman–Crippen MR) is 102 cm³/mol. The van der Waals surface area contributed by atoms with E-state index in [1.165, 1.54) is 11.9 Å². The van der Waals surface area contributed by atoms with Crippen molar-refractivity contribution in [2.45, 2.75) is 0 Å². The third kappa shape index (κ3) is 5.92. The third-order valence-corrected chi connectivity index (χ3v) is 4.32. The Morgan fingerprint density at radius 3 is 2.56 bits per heavy atom. The first-order valence-corrected chi connectivity index (χ1v) is 8.78. The molecule has 0 heterocycles. The van der Waals surface area contributed by atoms with Gasteiger partial charge in [0.05, 0.1) is 22.3 Å². The second-order valence-corrected chi connectivity index (χ2v) is 6.87. The number of carbonyl (C=O) groups excluding carboxylic acids is 2. The molecular weight excluding hydrogens is 431 g/mol. The molecule has 0 spiro atoms. The van der Waals surface area contributed by atoms with Gasteiger partial charge >= 0.3 is 0 Å². The number of benzene rings is 2. The Morgan fingerprint density at radius 1 is 1.16 bits per heavy atom. The maximum atomic E-state index is 12.1. The van der Waals surface area contributed by atoms with Gasteiger partial charge < -0.3 is 15.0 Å². The van der Waals surface area contributed by atoms with E-state index in [1.54, 1.807) is 42.5 Å². The fourth-order valence-corrected chi connectivity index (χ4v) is 2.81. The molecule has 5 nitrogen and oxygen atoms in total. The van der Waals surface area contributed by atoms with E-state index in [4.69, 9.17) is 27.9 Å². The first-order valence-electron chi connectivity index (χ1n) is 7.23. The highest BCUT2D eigenvalue weighted by Crippen LogP contribution is 2.27. The van der Waals surface area contributed by atoms with Crippen molar-refractivity contribution in [2.75, 3.05) is 25.5 Å². The van der Waals surface area contributed by atoms with E-state index >= 15 is 0 Å². The van der Waals surface area contributed by atoms with Gasteiger partial charge in [-0.2, -0.15) is 0 Å². The Kier molecular flexibility index (Phi) is 7.11. The number of rotatable bonds is 6. The minimum atomic E-state index is -0.356. The van der Waals surface area contributed by atoms with E-state index in [2.05, 4.69) is 21.2 Å². The second-order valence-electron chi connectivity index (χ2n) is 5.14. The molecule has 8 heteroatoms. The molecule has 0 aliphatic rings. The van der Waals surface area contributed by atoms with Gasteiger partial charge in [0.25, 0.3) is 5.91 Å². The smallest absolute Gasteiger partial charge is 0.260 e. The number of amides is 2. The molecule has 1 N–H and O–H groups in total. The summed E-state index contributed by atoms with van der Waals surface area (Å²) in [7, 11) is 1.51. The quantitative estimate of drug-likeness (QED) is 0.723. The van der Waals surface area contributed by atoms with E-state index in [-0.39, 0.29) is 25.0 Å². The van der Waals surface area contributed by atoms with Crippen LogP contribution in [0.2, 0.25) is 10.0 Å². The summed E-state index contributed by atoms with van der Waals surface area (Å²) in [6.45, 7) is -0.348. The van der Waals surface area contributed by atoms with Gasteiger partial charge in [-0.3, -0.25) is 9.59 Å². The van der Waals surface area contributed by atoms with Gasteiger partial charge in [-0.1, -0.05) is 51.3 Å². The summed E-state index contributed by atoms with van der Waals surface area (Å²) < 4.78 is 6.21. The number of likely N-dealkylation sites (N-methyl/N-ethyl adjacent to an activating group) is 1. The number of carbonyl (C=O) groups is 2. The van der Waals surface area contributed by atoms with Gasteiger partial charge in [-0.15, -0.1) is 0 Å². The zero-order chi connectivity index (χ0) is 18.4. The fourth-order valence-electron chi connectivity index (χ4n) is 1.90. The Balaban J connectivity index is 1.85. The molecule has 0 aromatic heterocycles. The van der Waals surface area contributed by atoms with E-state index in [0.717, 1.165) is 4.47 Å². The van der Waals surface area contributed by atoms with Crippen LogP contribution in [0.25, 0.3) is 0 Å². The summed E-state index contributed by atoms with van der Waals surface area (Å²) in [5.74, 6) is -0.314. The average molecular weight is 446 g/mol. The summed E-state index contributed by atoms with van der Waals surface area (Å²) in [6.07, 6.45) is 0. The van der Waals surface area contributed by atoms with Crippen LogP contribution < -0.4 is 10.1 Å². The Bertz CT molecular complexity index is 786. The minimum absolute atomic E-state index is 0.124. The molecule has 2 aromatic carbocycles. The number of nitrogens with one attached hydrogen (secondary N) is 1. The maximum absolute atomic E-state index is 12.1. The molecule has 25 heavy (non-hydrogen) atoms. The number of anilines is 1. The maximum Gasteiger partial charge on any atom is 0.260 e. The van der Waals surface area contributed by atoms with Gasteiger partial charge in [-0.05, 0) is 30.3 Å². The van der Waals surface area contributed by atoms with Crippen molar-refractivity contribution in [3.63, 3.8) is 0 Å². The highest BCUT2D eigenvalue weighted by atomic mass is 79.9. The van der Waals surface area contributed by atoms with Gasteiger partial charge in [0, 0.05) is 11.5 Å². The van der Waals surface area contributed by atoms with Gasteiger partial charge in [0.15, 0.2) is 6.61 Å². The first kappa shape index (κ1) is 19.6. The van der Waals surface area contributed by atoms with Crippen molar-refractivity contribution in [3.8, 4) is 5.75 Å². The van der Waals surface area contributed by atoms with Gasteiger partial charge in [0.1, 0.15) is 5.75 Å². The lowest BCUT2D eigenvalue weighted by atomic mass is 10.3. The van der Waals surface area contributed by atoms with Crippen molar-refractivity contribution in [2.24, 2.45) is 0 Å². The van der Waals surface area contributed by atoms with Gasteiger partial charge in [0.2, 0.25) is 5.91 Å². The summed E-state index contributed by atoms with van der Waals surface area (Å²) in [4.78, 5) is 25.4. The number of hydrogen-bond donors (Lipinski definition) is 1. The highest BCUT2D eigenvalue weighted by molar-refractivity contribution is 9.10. The van der Waals surface area contributed by atoms with Crippen molar-refractivity contribution in [1.29, 1.82) is 0 Å². The Labute approximate surface area is 164 Å². The molecule has 0 saturated heterocycles. The zero-order valence-electron chi connectivity index (χ0n) is 13.3. The van der Waals surface area contributed by atoms with Gasteiger partial charge in [-0.25, -0.2) is 0 Å². The molecule has 0 aliphatic heterocycles. The van der Waals surface area contributed by atoms with Crippen molar-refractivity contribution < 1.29 is 14.3 Å². The monoisotopic (exact) mass is 444 g/mol.